The molecule has 1 aromatic carbocycles. The summed E-state index contributed by atoms with van der Waals surface area (Å²) >= 11 is 0. The Morgan fingerprint density at radius 2 is 1.90 bits per heavy atom. The van der Waals surface area contributed by atoms with Gasteiger partial charge in [0.15, 0.2) is 0 Å². The van der Waals surface area contributed by atoms with Crippen molar-refractivity contribution < 1.29 is 13.9 Å². The van der Waals surface area contributed by atoms with Crippen molar-refractivity contribution in [1.29, 1.82) is 0 Å². The van der Waals surface area contributed by atoms with Gasteiger partial charge in [-0.3, -0.25) is 9.69 Å². The van der Waals surface area contributed by atoms with Crippen LogP contribution < -0.4 is 4.90 Å². The van der Waals surface area contributed by atoms with Gasteiger partial charge in [0.2, 0.25) is 0 Å². The van der Waals surface area contributed by atoms with E-state index in [2.05, 4.69) is 23.6 Å². The van der Waals surface area contributed by atoms with Gasteiger partial charge in [0.1, 0.15) is 11.9 Å². The van der Waals surface area contributed by atoms with E-state index in [9.17, 15) is 9.18 Å². The topological polar surface area (TPSA) is 32.8 Å². The van der Waals surface area contributed by atoms with Crippen LogP contribution in [0.4, 0.5) is 10.1 Å². The molecule has 2 aliphatic carbocycles. The fraction of sp³-hybridized carbons (Fsp3) is 0.640. The van der Waals surface area contributed by atoms with E-state index in [1.807, 2.05) is 12.1 Å². The molecule has 0 bridgehead atoms. The summed E-state index contributed by atoms with van der Waals surface area (Å²) in [6.45, 7) is 9.16. The van der Waals surface area contributed by atoms with Gasteiger partial charge in [0.25, 0.3) is 0 Å². The molecule has 0 radical (unpaired) electrons. The molecule has 0 aromatic heterocycles. The number of benzene rings is 1. The number of fused-ring (bicyclic) bond motifs is 2. The number of carbonyl (C=O) groups is 1. The lowest BCUT2D eigenvalue weighted by Gasteiger charge is -2.46. The molecule has 2 saturated heterocycles. The van der Waals surface area contributed by atoms with Gasteiger partial charge in [-0.05, 0) is 68.7 Å². The number of allylic oxidation sites excluding steroid dienone is 2. The Labute approximate surface area is 179 Å². The van der Waals surface area contributed by atoms with E-state index in [1.54, 1.807) is 11.1 Å². The summed E-state index contributed by atoms with van der Waals surface area (Å²) in [4.78, 5) is 17.5. The van der Waals surface area contributed by atoms with Gasteiger partial charge >= 0.3 is 5.97 Å². The molecule has 0 unspecified atom stereocenters. The Balaban J connectivity index is 1.24. The molecule has 0 amide bonds. The summed E-state index contributed by atoms with van der Waals surface area (Å²) in [6.07, 6.45) is 5.86. The maximum absolute atomic E-state index is 13.2. The molecule has 1 saturated carbocycles. The van der Waals surface area contributed by atoms with Crippen molar-refractivity contribution in [2.45, 2.75) is 52.1 Å². The van der Waals surface area contributed by atoms with Crippen molar-refractivity contribution >= 4 is 11.7 Å². The summed E-state index contributed by atoms with van der Waals surface area (Å²) in [5.41, 5.74) is 4.50. The average molecular weight is 413 g/mol. The van der Waals surface area contributed by atoms with Gasteiger partial charge in [-0.15, -0.1) is 0 Å². The third-order valence-corrected chi connectivity index (χ3v) is 8.20. The Hall–Kier alpha value is -1.88. The molecule has 0 spiro atoms. The minimum absolute atomic E-state index is 0.000789. The second-order valence-electron chi connectivity index (χ2n) is 10.1. The number of rotatable bonds is 3. The number of ether oxygens (including phenoxy) is 1. The van der Waals surface area contributed by atoms with E-state index in [4.69, 9.17) is 4.74 Å². The molecular weight excluding hydrogens is 379 g/mol. The molecular formula is C25H33FN2O2. The lowest BCUT2D eigenvalue weighted by atomic mass is 9.59. The van der Waals surface area contributed by atoms with E-state index in [-0.39, 0.29) is 29.2 Å². The van der Waals surface area contributed by atoms with Gasteiger partial charge in [-0.25, -0.2) is 4.39 Å². The second-order valence-corrected chi connectivity index (χ2v) is 10.1. The third-order valence-electron chi connectivity index (χ3n) is 8.20. The highest BCUT2D eigenvalue weighted by Crippen LogP contribution is 2.55. The minimum Gasteiger partial charge on any atom is -0.462 e. The zero-order valence-electron chi connectivity index (χ0n) is 18.2. The molecule has 4 nitrogen and oxygen atoms in total. The van der Waals surface area contributed by atoms with Crippen LogP contribution in [0.2, 0.25) is 0 Å². The van der Waals surface area contributed by atoms with E-state index in [0.717, 1.165) is 51.3 Å². The van der Waals surface area contributed by atoms with E-state index >= 15 is 0 Å². The summed E-state index contributed by atoms with van der Waals surface area (Å²) in [7, 11) is 0. The first-order chi connectivity index (χ1) is 14.4. The van der Waals surface area contributed by atoms with Crippen molar-refractivity contribution in [3.8, 4) is 0 Å². The molecule has 162 valence electrons. The Kier molecular flexibility index (Phi) is 5.12. The number of nitrogens with zero attached hydrogens (tertiary/aromatic N) is 2. The first kappa shape index (κ1) is 20.0. The summed E-state index contributed by atoms with van der Waals surface area (Å²) in [6, 6.07) is 6.75. The molecule has 2 aliphatic heterocycles. The number of anilines is 1. The van der Waals surface area contributed by atoms with Crippen LogP contribution >= 0.6 is 0 Å². The maximum atomic E-state index is 13.2. The molecule has 5 heteroatoms. The van der Waals surface area contributed by atoms with Crippen LogP contribution in [-0.4, -0.2) is 49.7 Å². The number of piperazine rings is 1. The van der Waals surface area contributed by atoms with Crippen molar-refractivity contribution in [2.75, 3.05) is 37.6 Å². The van der Waals surface area contributed by atoms with Crippen LogP contribution in [-0.2, 0) is 9.53 Å². The maximum Gasteiger partial charge on any atom is 0.310 e. The van der Waals surface area contributed by atoms with Crippen LogP contribution in [0.1, 0.15) is 46.0 Å². The van der Waals surface area contributed by atoms with E-state index < -0.39 is 0 Å². The Morgan fingerprint density at radius 1 is 1.17 bits per heavy atom. The summed E-state index contributed by atoms with van der Waals surface area (Å²) in [5.74, 6) is 0.160. The van der Waals surface area contributed by atoms with Crippen LogP contribution in [0.5, 0.6) is 0 Å². The van der Waals surface area contributed by atoms with Gasteiger partial charge in [-0.2, -0.15) is 0 Å². The van der Waals surface area contributed by atoms with Gasteiger partial charge in [0.05, 0.1) is 5.92 Å². The molecule has 4 aliphatic rings. The highest BCUT2D eigenvalue weighted by Gasteiger charge is 2.53. The average Bonchev–Trinajstić information content (AvgIpc) is 3.01. The minimum atomic E-state index is -0.196. The summed E-state index contributed by atoms with van der Waals surface area (Å²) in [5, 5.41) is 0. The number of carbonyl (C=O) groups excluding carboxylic acids is 1. The first-order valence-corrected chi connectivity index (χ1v) is 11.6. The Morgan fingerprint density at radius 3 is 2.63 bits per heavy atom. The Bertz CT molecular complexity index is 843. The zero-order valence-corrected chi connectivity index (χ0v) is 18.2. The number of esters is 1. The van der Waals surface area contributed by atoms with E-state index in [1.165, 1.54) is 31.4 Å². The van der Waals surface area contributed by atoms with Crippen LogP contribution in [0.3, 0.4) is 0 Å². The normalized spacial score (nSPS) is 34.6. The fourth-order valence-corrected chi connectivity index (χ4v) is 6.44. The SMILES string of the molecule is CC1=C2C[C@H]3[C@H](CN4CCN(c5ccc(F)cc5)CC4)C(=O)O[C@@H]3C[C@@]2(C)CCC1. The second kappa shape index (κ2) is 7.67. The largest absolute Gasteiger partial charge is 0.462 e. The first-order valence-electron chi connectivity index (χ1n) is 11.6. The predicted octanol–water partition coefficient (Wildman–Crippen LogP) is 4.41. The lowest BCUT2D eigenvalue weighted by Crippen LogP contribution is -2.49. The smallest absolute Gasteiger partial charge is 0.310 e. The van der Waals surface area contributed by atoms with Crippen molar-refractivity contribution in [3.63, 3.8) is 0 Å². The molecule has 0 N–H and O–H groups in total. The number of hydrogen-bond acceptors (Lipinski definition) is 4. The highest BCUT2D eigenvalue weighted by atomic mass is 19.1. The predicted molar refractivity (Wildman–Crippen MR) is 116 cm³/mol. The van der Waals surface area contributed by atoms with Crippen molar-refractivity contribution in [1.82, 2.24) is 4.90 Å². The fourth-order valence-electron chi connectivity index (χ4n) is 6.44. The molecule has 3 fully saturated rings. The molecule has 4 atom stereocenters. The lowest BCUT2D eigenvalue weighted by molar-refractivity contribution is -0.145. The number of halogens is 1. The zero-order chi connectivity index (χ0) is 20.9. The quantitative estimate of drug-likeness (QED) is 0.544. The monoisotopic (exact) mass is 412 g/mol. The molecule has 2 heterocycles. The van der Waals surface area contributed by atoms with Crippen LogP contribution in [0, 0.1) is 23.1 Å². The molecule has 1 aromatic rings. The third kappa shape index (κ3) is 3.55. The van der Waals surface area contributed by atoms with Crippen LogP contribution in [0.15, 0.2) is 35.4 Å². The van der Waals surface area contributed by atoms with Crippen LogP contribution in [0.25, 0.3) is 0 Å². The molecule has 5 rings (SSSR count). The van der Waals surface area contributed by atoms with Crippen molar-refractivity contribution in [3.05, 3.63) is 41.2 Å². The van der Waals surface area contributed by atoms with Gasteiger partial charge in [-0.1, -0.05) is 18.1 Å². The standard InChI is InChI=1S/C25H33FN2O2/c1-17-4-3-9-25(2)15-23-20(14-22(17)25)21(24(29)30-23)16-27-10-12-28(13-11-27)19-7-5-18(26)6-8-19/h5-8,20-21,23H,3-4,9-16H2,1-2H3/t20-,21-,23+,25+/m0/s1. The van der Waals surface area contributed by atoms with E-state index in [0.29, 0.717) is 5.92 Å². The summed E-state index contributed by atoms with van der Waals surface area (Å²) < 4.78 is 19.1. The van der Waals surface area contributed by atoms with Gasteiger partial charge in [0, 0.05) is 44.3 Å². The number of hydrogen-bond donors (Lipinski definition) is 0. The molecule has 30 heavy (non-hydrogen) atoms. The highest BCUT2D eigenvalue weighted by molar-refractivity contribution is 5.76. The van der Waals surface area contributed by atoms with Gasteiger partial charge < -0.3 is 9.64 Å². The van der Waals surface area contributed by atoms with Crippen molar-refractivity contribution in [2.24, 2.45) is 17.3 Å².